The number of halogens is 1. The molecule has 1 N–H and O–H groups in total. The Morgan fingerprint density at radius 3 is 2.25 bits per heavy atom. The van der Waals surface area contributed by atoms with Crippen LogP contribution in [0.1, 0.15) is 41.5 Å². The first kappa shape index (κ1) is 13.1. The van der Waals surface area contributed by atoms with E-state index in [0.717, 1.165) is 0 Å². The standard InChI is InChI=1S/C12H13BrO3/c1-7(14)8-4-5-9(10(13)6-8)11(15)12(2,3)16/h4-6,16H,1-3H3. The second kappa shape index (κ2) is 4.47. The van der Waals surface area contributed by atoms with Crippen LogP contribution in [0.25, 0.3) is 0 Å². The van der Waals surface area contributed by atoms with Crippen molar-refractivity contribution in [1.82, 2.24) is 0 Å². The third-order valence-electron chi connectivity index (χ3n) is 2.18. The lowest BCUT2D eigenvalue weighted by molar-refractivity contribution is 0.0487. The molecule has 0 aromatic heterocycles. The molecule has 0 bridgehead atoms. The smallest absolute Gasteiger partial charge is 0.194 e. The van der Waals surface area contributed by atoms with Gasteiger partial charge < -0.3 is 5.11 Å². The number of rotatable bonds is 3. The number of hydrogen-bond acceptors (Lipinski definition) is 3. The van der Waals surface area contributed by atoms with E-state index in [2.05, 4.69) is 15.9 Å². The summed E-state index contributed by atoms with van der Waals surface area (Å²) < 4.78 is 0.521. The van der Waals surface area contributed by atoms with Gasteiger partial charge in [-0.05, 0) is 32.9 Å². The van der Waals surface area contributed by atoms with Gasteiger partial charge >= 0.3 is 0 Å². The van der Waals surface area contributed by atoms with Gasteiger partial charge in [-0.2, -0.15) is 0 Å². The molecule has 0 fully saturated rings. The summed E-state index contributed by atoms with van der Waals surface area (Å²) in [4.78, 5) is 22.9. The van der Waals surface area contributed by atoms with Gasteiger partial charge in [-0.25, -0.2) is 0 Å². The minimum absolute atomic E-state index is 0.0667. The van der Waals surface area contributed by atoms with Crippen molar-refractivity contribution in [1.29, 1.82) is 0 Å². The van der Waals surface area contributed by atoms with Crippen molar-refractivity contribution in [3.63, 3.8) is 0 Å². The minimum atomic E-state index is -1.42. The molecule has 0 spiro atoms. The molecule has 4 heteroatoms. The summed E-state index contributed by atoms with van der Waals surface area (Å²) in [7, 11) is 0. The van der Waals surface area contributed by atoms with Crippen LogP contribution in [0, 0.1) is 0 Å². The fourth-order valence-electron chi connectivity index (χ4n) is 1.25. The van der Waals surface area contributed by atoms with Crippen molar-refractivity contribution in [2.45, 2.75) is 26.4 Å². The molecular weight excluding hydrogens is 272 g/mol. The molecule has 0 unspecified atom stereocenters. The summed E-state index contributed by atoms with van der Waals surface area (Å²) in [5.41, 5.74) is -0.517. The van der Waals surface area contributed by atoms with Crippen LogP contribution in [0.4, 0.5) is 0 Å². The second-order valence-corrected chi connectivity index (χ2v) is 4.99. The molecule has 1 rings (SSSR count). The Balaban J connectivity index is 3.19. The summed E-state index contributed by atoms with van der Waals surface area (Å²) in [5.74, 6) is -0.447. The van der Waals surface area contributed by atoms with E-state index in [1.54, 1.807) is 18.2 Å². The van der Waals surface area contributed by atoms with Crippen molar-refractivity contribution in [2.24, 2.45) is 0 Å². The minimum Gasteiger partial charge on any atom is -0.382 e. The van der Waals surface area contributed by atoms with Gasteiger partial charge in [0.1, 0.15) is 5.60 Å². The molecule has 0 saturated heterocycles. The molecule has 0 aliphatic heterocycles. The second-order valence-electron chi connectivity index (χ2n) is 4.14. The van der Waals surface area contributed by atoms with Crippen molar-refractivity contribution in [3.05, 3.63) is 33.8 Å². The SMILES string of the molecule is CC(=O)c1ccc(C(=O)C(C)(C)O)c(Br)c1. The van der Waals surface area contributed by atoms with E-state index in [1.165, 1.54) is 20.8 Å². The highest BCUT2D eigenvalue weighted by molar-refractivity contribution is 9.10. The number of ketones is 2. The Bertz CT molecular complexity index is 444. The van der Waals surface area contributed by atoms with Gasteiger partial charge in [0, 0.05) is 15.6 Å². The molecule has 0 aliphatic carbocycles. The molecule has 0 saturated carbocycles. The molecule has 1 aromatic rings. The Hall–Kier alpha value is -1.00. The molecule has 16 heavy (non-hydrogen) atoms. The zero-order valence-electron chi connectivity index (χ0n) is 9.37. The van der Waals surface area contributed by atoms with Crippen LogP contribution < -0.4 is 0 Å². The van der Waals surface area contributed by atoms with Crippen molar-refractivity contribution in [3.8, 4) is 0 Å². The summed E-state index contributed by atoms with van der Waals surface area (Å²) >= 11 is 3.22. The quantitative estimate of drug-likeness (QED) is 0.868. The highest BCUT2D eigenvalue weighted by Crippen LogP contribution is 2.23. The summed E-state index contributed by atoms with van der Waals surface area (Å²) in [6.45, 7) is 4.32. The van der Waals surface area contributed by atoms with Gasteiger partial charge in [0.2, 0.25) is 0 Å². The van der Waals surface area contributed by atoms with Gasteiger partial charge in [-0.1, -0.05) is 22.0 Å². The van der Waals surface area contributed by atoms with E-state index in [1.807, 2.05) is 0 Å². The molecule has 0 amide bonds. The van der Waals surface area contributed by atoms with Crippen LogP contribution in [0.15, 0.2) is 22.7 Å². The fourth-order valence-corrected chi connectivity index (χ4v) is 1.81. The third-order valence-corrected chi connectivity index (χ3v) is 2.83. The lowest BCUT2D eigenvalue weighted by Gasteiger charge is -2.16. The molecule has 86 valence electrons. The van der Waals surface area contributed by atoms with Gasteiger partial charge in [0.15, 0.2) is 11.6 Å². The van der Waals surface area contributed by atoms with Crippen LogP contribution in [0.3, 0.4) is 0 Å². The van der Waals surface area contributed by atoms with E-state index >= 15 is 0 Å². The Kier molecular flexibility index (Phi) is 3.65. The highest BCUT2D eigenvalue weighted by Gasteiger charge is 2.26. The van der Waals surface area contributed by atoms with Crippen LogP contribution in [-0.4, -0.2) is 22.3 Å². The third kappa shape index (κ3) is 2.77. The first-order valence-corrected chi connectivity index (χ1v) is 5.60. The number of carbonyl (C=O) groups is 2. The number of carbonyl (C=O) groups excluding carboxylic acids is 2. The molecule has 3 nitrogen and oxygen atoms in total. The fraction of sp³-hybridized carbons (Fsp3) is 0.333. The predicted molar refractivity (Wildman–Crippen MR) is 64.8 cm³/mol. The maximum absolute atomic E-state index is 11.8. The first-order chi connectivity index (χ1) is 7.23. The monoisotopic (exact) mass is 284 g/mol. The topological polar surface area (TPSA) is 54.4 Å². The normalized spacial score (nSPS) is 11.3. The van der Waals surface area contributed by atoms with Crippen LogP contribution in [-0.2, 0) is 0 Å². The summed E-state index contributed by atoms with van der Waals surface area (Å²) in [5, 5.41) is 9.61. The van der Waals surface area contributed by atoms with Crippen LogP contribution >= 0.6 is 15.9 Å². The summed E-state index contributed by atoms with van der Waals surface area (Å²) in [6.07, 6.45) is 0. The van der Waals surface area contributed by atoms with Gasteiger partial charge in [0.25, 0.3) is 0 Å². The Morgan fingerprint density at radius 1 is 1.31 bits per heavy atom. The Labute approximate surface area is 103 Å². The van der Waals surface area contributed by atoms with Gasteiger partial charge in [-0.15, -0.1) is 0 Å². The maximum atomic E-state index is 11.8. The van der Waals surface area contributed by atoms with Crippen LogP contribution in [0.5, 0.6) is 0 Å². The zero-order chi connectivity index (χ0) is 12.5. The maximum Gasteiger partial charge on any atom is 0.194 e. The van der Waals surface area contributed by atoms with Gasteiger partial charge in [-0.3, -0.25) is 9.59 Å². The average Bonchev–Trinajstić information content (AvgIpc) is 2.15. The van der Waals surface area contributed by atoms with Gasteiger partial charge in [0.05, 0.1) is 0 Å². The van der Waals surface area contributed by atoms with Crippen LogP contribution in [0.2, 0.25) is 0 Å². The van der Waals surface area contributed by atoms with E-state index in [9.17, 15) is 14.7 Å². The number of benzene rings is 1. The predicted octanol–water partition coefficient (Wildman–Crippen LogP) is 2.61. The molecule has 0 radical (unpaired) electrons. The number of hydrogen-bond donors (Lipinski definition) is 1. The summed E-state index contributed by atoms with van der Waals surface area (Å²) in [6, 6.07) is 4.70. The van der Waals surface area contributed by atoms with Crippen molar-refractivity contribution < 1.29 is 14.7 Å². The van der Waals surface area contributed by atoms with Crippen molar-refractivity contribution >= 4 is 27.5 Å². The first-order valence-electron chi connectivity index (χ1n) is 4.81. The molecule has 0 atom stereocenters. The van der Waals surface area contributed by atoms with E-state index < -0.39 is 5.60 Å². The molecular formula is C12H13BrO3. The van der Waals surface area contributed by atoms with E-state index in [4.69, 9.17) is 0 Å². The molecule has 0 aliphatic rings. The number of Topliss-reactive ketones (excluding diaryl/α,β-unsaturated/α-hetero) is 2. The van der Waals surface area contributed by atoms with E-state index in [0.29, 0.717) is 15.6 Å². The lowest BCUT2D eigenvalue weighted by Crippen LogP contribution is -2.31. The highest BCUT2D eigenvalue weighted by atomic mass is 79.9. The molecule has 1 aromatic carbocycles. The van der Waals surface area contributed by atoms with Crippen molar-refractivity contribution in [2.75, 3.05) is 0 Å². The lowest BCUT2D eigenvalue weighted by atomic mass is 9.96. The zero-order valence-corrected chi connectivity index (χ0v) is 11.0. The number of aliphatic hydroxyl groups is 1. The largest absolute Gasteiger partial charge is 0.382 e. The Morgan fingerprint density at radius 2 is 1.88 bits per heavy atom. The average molecular weight is 285 g/mol. The molecule has 0 heterocycles. The van der Waals surface area contributed by atoms with E-state index in [-0.39, 0.29) is 11.6 Å².